The summed E-state index contributed by atoms with van der Waals surface area (Å²) in [7, 11) is 0. The maximum atomic E-state index is 16.2. The normalized spacial score (nSPS) is 22.1. The zero-order chi connectivity index (χ0) is 24.0. The molecule has 2 atom stereocenters. The molecule has 1 aliphatic heterocycles. The predicted octanol–water partition coefficient (Wildman–Crippen LogP) is 7.22. The molecule has 1 N–H and O–H groups in total. The van der Waals surface area contributed by atoms with Gasteiger partial charge >= 0.3 is 6.18 Å². The van der Waals surface area contributed by atoms with Gasteiger partial charge in [-0.25, -0.2) is 8.78 Å². The first-order valence-corrected chi connectivity index (χ1v) is 10.9. The van der Waals surface area contributed by atoms with E-state index in [0.717, 1.165) is 24.3 Å². The van der Waals surface area contributed by atoms with Gasteiger partial charge in [0, 0.05) is 23.3 Å². The maximum absolute atomic E-state index is 16.2. The molecule has 1 aliphatic carbocycles. The van der Waals surface area contributed by atoms with Crippen LogP contribution in [0.4, 0.5) is 22.0 Å². The van der Waals surface area contributed by atoms with E-state index in [2.05, 4.69) is 4.99 Å². The third-order valence-electron chi connectivity index (χ3n) is 6.09. The van der Waals surface area contributed by atoms with Crippen LogP contribution >= 0.6 is 0 Å². The SMILES string of the molecule is CC(C)C1=NC2(O)CCCC=C2C(c2ccc(F)cc2)=C1C(F)c1ccc(C(F)(F)F)cc1. The number of fused-ring (bicyclic) bond motifs is 1. The van der Waals surface area contributed by atoms with Gasteiger partial charge in [0.1, 0.15) is 5.82 Å². The number of allylic oxidation sites excluding steroid dienone is 2. The molecule has 2 aliphatic rings. The van der Waals surface area contributed by atoms with Crippen LogP contribution in [-0.2, 0) is 6.18 Å². The van der Waals surface area contributed by atoms with Crippen molar-refractivity contribution in [1.29, 1.82) is 0 Å². The summed E-state index contributed by atoms with van der Waals surface area (Å²) >= 11 is 0. The lowest BCUT2D eigenvalue weighted by molar-refractivity contribution is -0.137. The number of rotatable bonds is 4. The Balaban J connectivity index is 1.94. The highest BCUT2D eigenvalue weighted by Gasteiger charge is 2.43. The molecule has 1 heterocycles. The molecule has 2 aromatic carbocycles. The Hall–Kier alpha value is -2.80. The van der Waals surface area contributed by atoms with Crippen molar-refractivity contribution in [3.63, 3.8) is 0 Å². The Labute approximate surface area is 189 Å². The summed E-state index contributed by atoms with van der Waals surface area (Å²) in [5.74, 6) is -0.725. The smallest absolute Gasteiger partial charge is 0.365 e. The summed E-state index contributed by atoms with van der Waals surface area (Å²) in [5.41, 5.74) is -0.411. The topological polar surface area (TPSA) is 32.6 Å². The van der Waals surface area contributed by atoms with Crippen molar-refractivity contribution in [3.05, 3.63) is 88.3 Å². The van der Waals surface area contributed by atoms with Gasteiger partial charge < -0.3 is 5.11 Å². The molecule has 0 saturated heterocycles. The molecule has 33 heavy (non-hydrogen) atoms. The highest BCUT2D eigenvalue weighted by molar-refractivity contribution is 6.13. The molecule has 0 aromatic heterocycles. The molecule has 0 saturated carbocycles. The van der Waals surface area contributed by atoms with E-state index in [4.69, 9.17) is 0 Å². The molecule has 174 valence electrons. The van der Waals surface area contributed by atoms with Gasteiger partial charge in [0.15, 0.2) is 11.9 Å². The maximum Gasteiger partial charge on any atom is 0.416 e. The lowest BCUT2D eigenvalue weighted by Gasteiger charge is -2.39. The average molecular weight is 461 g/mol. The number of hydrogen-bond donors (Lipinski definition) is 1. The molecule has 0 amide bonds. The Morgan fingerprint density at radius 1 is 1.00 bits per heavy atom. The van der Waals surface area contributed by atoms with Crippen LogP contribution in [0.5, 0.6) is 0 Å². The Morgan fingerprint density at radius 3 is 2.21 bits per heavy atom. The highest BCUT2D eigenvalue weighted by atomic mass is 19.4. The van der Waals surface area contributed by atoms with Gasteiger partial charge in [0.05, 0.1) is 5.56 Å². The van der Waals surface area contributed by atoms with Gasteiger partial charge in [-0.1, -0.05) is 44.2 Å². The fourth-order valence-corrected chi connectivity index (χ4v) is 4.48. The summed E-state index contributed by atoms with van der Waals surface area (Å²) in [5, 5.41) is 11.4. The first-order valence-electron chi connectivity index (χ1n) is 10.9. The van der Waals surface area contributed by atoms with Crippen molar-refractivity contribution in [2.24, 2.45) is 10.9 Å². The van der Waals surface area contributed by atoms with Crippen LogP contribution in [0.3, 0.4) is 0 Å². The first kappa shape index (κ1) is 23.4. The number of benzene rings is 2. The first-order chi connectivity index (χ1) is 15.5. The molecule has 4 rings (SSSR count). The summed E-state index contributed by atoms with van der Waals surface area (Å²) in [6, 6.07) is 9.50. The van der Waals surface area contributed by atoms with E-state index in [1.807, 2.05) is 19.9 Å². The molecule has 0 bridgehead atoms. The van der Waals surface area contributed by atoms with E-state index >= 15 is 4.39 Å². The second-order valence-electron chi connectivity index (χ2n) is 8.76. The number of dihydropyridines is 1. The molecule has 2 unspecified atom stereocenters. The van der Waals surface area contributed by atoms with Crippen LogP contribution in [0, 0.1) is 11.7 Å². The minimum Gasteiger partial charge on any atom is -0.365 e. The average Bonchev–Trinajstić information content (AvgIpc) is 2.77. The van der Waals surface area contributed by atoms with E-state index in [1.54, 1.807) is 0 Å². The van der Waals surface area contributed by atoms with Crippen LogP contribution in [-0.4, -0.2) is 16.5 Å². The largest absolute Gasteiger partial charge is 0.416 e. The van der Waals surface area contributed by atoms with Crippen LogP contribution in [0.2, 0.25) is 0 Å². The molecule has 0 radical (unpaired) electrons. The lowest BCUT2D eigenvalue weighted by atomic mass is 9.74. The van der Waals surface area contributed by atoms with Crippen molar-refractivity contribution in [2.45, 2.75) is 51.2 Å². The molecular formula is C26H24F5NO. The van der Waals surface area contributed by atoms with Gasteiger partial charge in [-0.3, -0.25) is 4.99 Å². The second kappa shape index (κ2) is 8.52. The number of aliphatic hydroxyl groups is 1. The Kier molecular flexibility index (Phi) is 6.03. The van der Waals surface area contributed by atoms with Gasteiger partial charge in [-0.05, 0) is 59.7 Å². The minimum atomic E-state index is -4.53. The number of aliphatic imine (C=N–C) groups is 1. The third-order valence-corrected chi connectivity index (χ3v) is 6.09. The summed E-state index contributed by atoms with van der Waals surface area (Å²) in [6.07, 6.45) is -2.76. The van der Waals surface area contributed by atoms with Gasteiger partial charge in [-0.2, -0.15) is 13.2 Å². The highest BCUT2D eigenvalue weighted by Crippen LogP contribution is 2.49. The van der Waals surface area contributed by atoms with Crippen molar-refractivity contribution < 1.29 is 27.1 Å². The molecule has 0 spiro atoms. The summed E-state index contributed by atoms with van der Waals surface area (Å²) in [4.78, 5) is 4.57. The molecule has 7 heteroatoms. The molecular weight excluding hydrogens is 437 g/mol. The van der Waals surface area contributed by atoms with Crippen LogP contribution in [0.1, 0.15) is 56.0 Å². The van der Waals surface area contributed by atoms with Gasteiger partial charge in [-0.15, -0.1) is 0 Å². The minimum absolute atomic E-state index is 0.0489. The fraction of sp³-hybridized carbons (Fsp3) is 0.346. The number of hydrogen-bond acceptors (Lipinski definition) is 2. The quantitative estimate of drug-likeness (QED) is 0.479. The van der Waals surface area contributed by atoms with E-state index in [-0.39, 0.29) is 17.1 Å². The van der Waals surface area contributed by atoms with Crippen molar-refractivity contribution >= 4 is 11.3 Å². The number of alkyl halides is 4. The summed E-state index contributed by atoms with van der Waals surface area (Å²) < 4.78 is 68.8. The third kappa shape index (κ3) is 4.38. The molecule has 2 nitrogen and oxygen atoms in total. The van der Waals surface area contributed by atoms with Crippen molar-refractivity contribution in [2.75, 3.05) is 0 Å². The van der Waals surface area contributed by atoms with Crippen molar-refractivity contribution in [3.8, 4) is 0 Å². The van der Waals surface area contributed by atoms with Crippen LogP contribution in [0.25, 0.3) is 5.57 Å². The second-order valence-corrected chi connectivity index (χ2v) is 8.76. The van der Waals surface area contributed by atoms with Crippen LogP contribution < -0.4 is 0 Å². The fourth-order valence-electron chi connectivity index (χ4n) is 4.48. The van der Waals surface area contributed by atoms with E-state index < -0.39 is 29.5 Å². The summed E-state index contributed by atoms with van der Waals surface area (Å²) in [6.45, 7) is 3.64. The monoisotopic (exact) mass is 461 g/mol. The number of halogens is 5. The predicted molar refractivity (Wildman–Crippen MR) is 118 cm³/mol. The van der Waals surface area contributed by atoms with Crippen LogP contribution in [0.15, 0.2) is 70.7 Å². The standard InChI is InChI=1S/C26H24F5NO/c1-15(2)24-22(23(28)17-6-10-18(11-7-17)26(29,30)31)21(16-8-12-19(27)13-9-16)20-5-3-4-14-25(20,33)32-24/h5-13,15,23,33H,3-4,14H2,1-2H3. The lowest BCUT2D eigenvalue weighted by Crippen LogP contribution is -2.39. The Morgan fingerprint density at radius 2 is 1.64 bits per heavy atom. The molecule has 0 fully saturated rings. The number of nitrogens with zero attached hydrogens (tertiary/aromatic N) is 1. The zero-order valence-corrected chi connectivity index (χ0v) is 18.3. The van der Waals surface area contributed by atoms with Gasteiger partial charge in [0.25, 0.3) is 0 Å². The Bertz CT molecular complexity index is 1130. The van der Waals surface area contributed by atoms with Crippen molar-refractivity contribution in [1.82, 2.24) is 0 Å². The zero-order valence-electron chi connectivity index (χ0n) is 18.3. The van der Waals surface area contributed by atoms with E-state index in [0.29, 0.717) is 41.7 Å². The van der Waals surface area contributed by atoms with E-state index in [1.165, 1.54) is 24.3 Å². The molecule has 2 aromatic rings. The van der Waals surface area contributed by atoms with E-state index in [9.17, 15) is 22.7 Å². The van der Waals surface area contributed by atoms with Gasteiger partial charge in [0.2, 0.25) is 0 Å².